The second kappa shape index (κ2) is 12.5. The zero-order chi connectivity index (χ0) is 29.8. The van der Waals surface area contributed by atoms with E-state index in [1.54, 1.807) is 0 Å². The van der Waals surface area contributed by atoms with E-state index in [1.807, 2.05) is 72.8 Å². The van der Waals surface area contributed by atoms with Crippen molar-refractivity contribution in [3.8, 4) is 23.0 Å². The van der Waals surface area contributed by atoms with Crippen LogP contribution < -0.4 is 20.1 Å². The number of rotatable bonds is 0. The minimum absolute atomic E-state index is 0.176. The van der Waals surface area contributed by atoms with Crippen molar-refractivity contribution >= 4 is 11.8 Å². The van der Waals surface area contributed by atoms with Crippen LogP contribution in [0.5, 0.6) is 23.0 Å². The van der Waals surface area contributed by atoms with Gasteiger partial charge in [-0.15, -0.1) is 0 Å². The molecule has 0 radical (unpaired) electrons. The molecular formula is C35H34N2O6. The van der Waals surface area contributed by atoms with Crippen LogP contribution >= 0.6 is 0 Å². The van der Waals surface area contributed by atoms with Crippen molar-refractivity contribution in [3.63, 3.8) is 0 Å². The van der Waals surface area contributed by atoms with Gasteiger partial charge in [-0.3, -0.25) is 9.59 Å². The van der Waals surface area contributed by atoms with Gasteiger partial charge in [-0.1, -0.05) is 72.8 Å². The third kappa shape index (κ3) is 6.28. The average Bonchev–Trinajstić information content (AvgIpc) is 2.99. The first-order valence-corrected chi connectivity index (χ1v) is 14.6. The molecule has 8 heteroatoms. The van der Waals surface area contributed by atoms with Gasteiger partial charge >= 0.3 is 0 Å². The molecule has 10 bridgehead atoms. The number of amides is 2. The lowest BCUT2D eigenvalue weighted by Gasteiger charge is -2.20. The zero-order valence-corrected chi connectivity index (χ0v) is 23.8. The second-order valence-electron chi connectivity index (χ2n) is 11.0. The van der Waals surface area contributed by atoms with Gasteiger partial charge in [0.2, 0.25) is 0 Å². The van der Waals surface area contributed by atoms with Crippen LogP contribution in [-0.4, -0.2) is 48.3 Å². The predicted octanol–water partition coefficient (Wildman–Crippen LogP) is 4.17. The van der Waals surface area contributed by atoms with E-state index in [2.05, 4.69) is 10.6 Å². The van der Waals surface area contributed by atoms with Crippen LogP contribution in [0, 0.1) is 0 Å². The zero-order valence-electron chi connectivity index (χ0n) is 23.8. The summed E-state index contributed by atoms with van der Waals surface area (Å²) in [5.74, 6) is 0.907. The molecule has 0 atom stereocenters. The first kappa shape index (κ1) is 28.2. The van der Waals surface area contributed by atoms with Crippen LogP contribution in [-0.2, 0) is 35.3 Å². The highest BCUT2D eigenvalue weighted by molar-refractivity contribution is 5.78. The normalized spacial score (nSPS) is 15.6. The molecule has 0 unspecified atom stereocenters. The maximum Gasteiger partial charge on any atom is 0.257 e. The van der Waals surface area contributed by atoms with Crippen molar-refractivity contribution in [3.05, 3.63) is 117 Å². The molecule has 220 valence electrons. The predicted molar refractivity (Wildman–Crippen MR) is 162 cm³/mol. The SMILES string of the molecule is O=C1COc2c3cccc2Cc2cccc(c2O)Cc2cccc(c2OCC(=O)NCCCN1)Cc1cccc(c1O)C3. The molecule has 0 fully saturated rings. The van der Waals surface area contributed by atoms with Gasteiger partial charge in [0.1, 0.15) is 23.0 Å². The monoisotopic (exact) mass is 578 g/mol. The van der Waals surface area contributed by atoms with Crippen molar-refractivity contribution in [2.24, 2.45) is 0 Å². The molecule has 8 nitrogen and oxygen atoms in total. The molecular weight excluding hydrogens is 544 g/mol. The molecule has 0 spiro atoms. The molecule has 2 amide bonds. The molecule has 0 aromatic heterocycles. The quantitative estimate of drug-likeness (QED) is 0.219. The lowest BCUT2D eigenvalue weighted by Crippen LogP contribution is -2.34. The first-order chi connectivity index (χ1) is 21.0. The van der Waals surface area contributed by atoms with E-state index in [-0.39, 0.29) is 36.5 Å². The molecule has 4 N–H and O–H groups in total. The topological polar surface area (TPSA) is 117 Å². The number of benzene rings is 4. The van der Waals surface area contributed by atoms with Gasteiger partial charge in [-0.25, -0.2) is 0 Å². The standard InChI is InChI=1S/C35H34N2O6/c38-30-20-42-34-26-10-3-12-28(34)18-24-8-2-9-25(33(24)41)19-29-13-4-11-27(17-23-7-1-6-22(16-26)32(23)40)35(29)43-21-31(39)37-15-5-14-36-30/h1-4,6-13,40-41H,5,14-21H2,(H,36,38)(H,37,39). The molecule has 4 aromatic carbocycles. The number of hydrogen-bond acceptors (Lipinski definition) is 6. The fraction of sp³-hybridized carbons (Fsp3) is 0.257. The van der Waals surface area contributed by atoms with E-state index in [9.17, 15) is 19.8 Å². The van der Waals surface area contributed by atoms with Gasteiger partial charge in [0, 0.05) is 38.8 Å². The van der Waals surface area contributed by atoms with Gasteiger partial charge in [0.15, 0.2) is 13.2 Å². The Labute approximate surface area is 250 Å². The number of ether oxygens (including phenoxy) is 2. The maximum absolute atomic E-state index is 12.7. The Morgan fingerprint density at radius 2 is 0.791 bits per heavy atom. The molecule has 0 saturated carbocycles. The first-order valence-electron chi connectivity index (χ1n) is 14.6. The van der Waals surface area contributed by atoms with Gasteiger partial charge in [0.05, 0.1) is 0 Å². The van der Waals surface area contributed by atoms with E-state index >= 15 is 0 Å². The number of fused-ring (bicyclic) bond motifs is 10. The second-order valence-corrected chi connectivity index (χ2v) is 11.0. The van der Waals surface area contributed by atoms with Gasteiger partial charge in [-0.05, 0) is 50.9 Å². The Balaban J connectivity index is 1.55. The summed E-state index contributed by atoms with van der Waals surface area (Å²) in [5, 5.41) is 28.6. The minimum Gasteiger partial charge on any atom is -0.507 e. The van der Waals surface area contributed by atoms with Crippen LogP contribution in [0.25, 0.3) is 0 Å². The molecule has 0 saturated heterocycles. The number of carbonyl (C=O) groups is 2. The molecule has 7 rings (SSSR count). The highest BCUT2D eigenvalue weighted by atomic mass is 16.5. The molecule has 1 aliphatic carbocycles. The van der Waals surface area contributed by atoms with Crippen LogP contribution in [0.15, 0.2) is 72.8 Å². The number of phenols is 2. The Hall–Kier alpha value is -4.98. The van der Waals surface area contributed by atoms with Crippen molar-refractivity contribution in [2.45, 2.75) is 32.1 Å². The molecule has 2 heterocycles. The Morgan fingerprint density at radius 1 is 0.488 bits per heavy atom. The van der Waals surface area contributed by atoms with E-state index in [0.29, 0.717) is 78.9 Å². The van der Waals surface area contributed by atoms with Crippen LogP contribution in [0.1, 0.15) is 50.9 Å². The van der Waals surface area contributed by atoms with Crippen LogP contribution in [0.3, 0.4) is 0 Å². The van der Waals surface area contributed by atoms with E-state index in [0.717, 1.165) is 22.3 Å². The van der Waals surface area contributed by atoms with E-state index in [1.165, 1.54) is 0 Å². The number of phenolic OH excluding ortho intramolecular Hbond substituents is 2. The molecule has 3 aliphatic rings. The summed E-state index contributed by atoms with van der Waals surface area (Å²) in [4.78, 5) is 25.4. The Morgan fingerprint density at radius 3 is 1.12 bits per heavy atom. The van der Waals surface area contributed by atoms with Crippen molar-refractivity contribution < 1.29 is 29.3 Å². The van der Waals surface area contributed by atoms with Gasteiger partial charge < -0.3 is 30.3 Å². The molecule has 4 aromatic rings. The lowest BCUT2D eigenvalue weighted by molar-refractivity contribution is -0.123. The van der Waals surface area contributed by atoms with Crippen LogP contribution in [0.2, 0.25) is 0 Å². The average molecular weight is 579 g/mol. The maximum atomic E-state index is 12.7. The summed E-state index contributed by atoms with van der Waals surface area (Å²) in [5.41, 5.74) is 6.16. The number of carbonyl (C=O) groups excluding carboxylic acids is 2. The van der Waals surface area contributed by atoms with E-state index in [4.69, 9.17) is 9.47 Å². The highest BCUT2D eigenvalue weighted by Gasteiger charge is 2.21. The summed E-state index contributed by atoms with van der Waals surface area (Å²) >= 11 is 0. The largest absolute Gasteiger partial charge is 0.507 e. The van der Waals surface area contributed by atoms with Gasteiger partial charge in [0.25, 0.3) is 11.8 Å². The molecule has 43 heavy (non-hydrogen) atoms. The smallest absolute Gasteiger partial charge is 0.257 e. The fourth-order valence-corrected chi connectivity index (χ4v) is 5.81. The van der Waals surface area contributed by atoms with Crippen LogP contribution in [0.4, 0.5) is 0 Å². The van der Waals surface area contributed by atoms with E-state index < -0.39 is 0 Å². The minimum atomic E-state index is -0.280. The van der Waals surface area contributed by atoms with Gasteiger partial charge in [-0.2, -0.15) is 0 Å². The summed E-state index contributed by atoms with van der Waals surface area (Å²) in [7, 11) is 0. The summed E-state index contributed by atoms with van der Waals surface area (Å²) < 4.78 is 12.4. The van der Waals surface area contributed by atoms with Crippen molar-refractivity contribution in [2.75, 3.05) is 26.3 Å². The third-order valence-electron chi connectivity index (χ3n) is 7.98. The number of para-hydroxylation sites is 4. The van der Waals surface area contributed by atoms with Crippen molar-refractivity contribution in [1.82, 2.24) is 10.6 Å². The summed E-state index contributed by atoms with van der Waals surface area (Å²) in [6.45, 7) is 0.373. The van der Waals surface area contributed by atoms with Crippen molar-refractivity contribution in [1.29, 1.82) is 0 Å². The number of hydrogen-bond donors (Lipinski definition) is 4. The molecule has 2 aliphatic heterocycles. The fourth-order valence-electron chi connectivity index (χ4n) is 5.81. The summed E-state index contributed by atoms with van der Waals surface area (Å²) in [6, 6.07) is 23.0. The third-order valence-corrected chi connectivity index (χ3v) is 7.98. The number of nitrogens with one attached hydrogen (secondary N) is 2. The highest BCUT2D eigenvalue weighted by Crippen LogP contribution is 2.38. The summed E-state index contributed by atoms with van der Waals surface area (Å²) in [6.07, 6.45) is 2.06. The Kier molecular flexibility index (Phi) is 8.18. The lowest BCUT2D eigenvalue weighted by atomic mass is 9.91. The Bertz CT molecular complexity index is 1470. The number of aromatic hydroxyl groups is 2.